The normalized spacial score (nSPS) is 15.1. The first-order valence-corrected chi connectivity index (χ1v) is 13.7. The van der Waals surface area contributed by atoms with Crippen LogP contribution in [0.4, 0.5) is 5.69 Å². The van der Waals surface area contributed by atoms with Crippen LogP contribution in [0.15, 0.2) is 40.8 Å². The lowest BCUT2D eigenvalue weighted by Gasteiger charge is -2.26. The molecule has 194 valence electrons. The first kappa shape index (κ1) is 26.5. The second-order valence-electron chi connectivity index (χ2n) is 9.26. The summed E-state index contributed by atoms with van der Waals surface area (Å²) in [7, 11) is 0. The van der Waals surface area contributed by atoms with Crippen LogP contribution in [0, 0.1) is 17.2 Å². The highest BCUT2D eigenvalue weighted by atomic mass is 32.1. The first-order valence-electron chi connectivity index (χ1n) is 12.9. The average Bonchev–Trinajstić information content (AvgIpc) is 3.70. The highest BCUT2D eigenvalue weighted by Gasteiger charge is 2.22. The van der Waals surface area contributed by atoms with Gasteiger partial charge in [-0.3, -0.25) is 19.1 Å². The third kappa shape index (κ3) is 7.72. The van der Waals surface area contributed by atoms with Gasteiger partial charge < -0.3 is 15.4 Å². The third-order valence-corrected chi connectivity index (χ3v) is 7.43. The van der Waals surface area contributed by atoms with Gasteiger partial charge in [-0.2, -0.15) is 5.26 Å². The van der Waals surface area contributed by atoms with E-state index in [0.717, 1.165) is 55.2 Å². The van der Waals surface area contributed by atoms with Crippen LogP contribution in [0.25, 0.3) is 11.5 Å². The van der Waals surface area contributed by atoms with Crippen LogP contribution >= 0.6 is 11.3 Å². The fraction of sp³-hybridized carbons (Fsp3) is 0.464. The van der Waals surface area contributed by atoms with Gasteiger partial charge in [-0.1, -0.05) is 35.3 Å². The number of hydrogen-bond acceptors (Lipinski definition) is 7. The standard InChI is InChI=1S/C28H33N5O3S/c1-2-33-26(17-22(19-29)27(34)31-20-21-9-10-21)37-25(28(33)35)11-12-30-23-7-6-8-24(18-23)36-16-15-32-13-4-3-5-14-32/h6-8,12,18,21,30H,2-5,9-10,13-16,20H2,1H3,(H,31,34). The Labute approximate surface area is 220 Å². The Morgan fingerprint density at radius 2 is 2.08 bits per heavy atom. The number of likely N-dealkylation sites (tertiary alicyclic amines) is 1. The summed E-state index contributed by atoms with van der Waals surface area (Å²) < 4.78 is 8.20. The van der Waals surface area contributed by atoms with Crippen LogP contribution in [0.5, 0.6) is 5.75 Å². The molecule has 1 aromatic carbocycles. The summed E-state index contributed by atoms with van der Waals surface area (Å²) in [4.78, 5) is 27.6. The van der Waals surface area contributed by atoms with E-state index in [9.17, 15) is 14.9 Å². The molecule has 2 fully saturated rings. The van der Waals surface area contributed by atoms with Crippen LogP contribution in [0.1, 0.15) is 39.0 Å². The predicted molar refractivity (Wildman–Crippen MR) is 146 cm³/mol. The monoisotopic (exact) mass is 519 g/mol. The number of ether oxygens (including phenoxy) is 1. The maximum Gasteiger partial charge on any atom is 0.277 e. The second kappa shape index (κ2) is 13.1. The van der Waals surface area contributed by atoms with E-state index in [4.69, 9.17) is 4.74 Å². The van der Waals surface area contributed by atoms with E-state index in [0.29, 0.717) is 34.8 Å². The number of anilines is 1. The molecule has 2 heterocycles. The van der Waals surface area contributed by atoms with Gasteiger partial charge >= 0.3 is 0 Å². The van der Waals surface area contributed by atoms with Crippen LogP contribution in [-0.4, -0.2) is 48.2 Å². The number of benzene rings is 1. The van der Waals surface area contributed by atoms with Crippen molar-refractivity contribution in [3.05, 3.63) is 55.6 Å². The van der Waals surface area contributed by atoms with Crippen molar-refractivity contribution >= 4 is 34.4 Å². The van der Waals surface area contributed by atoms with Crippen LogP contribution < -0.4 is 30.1 Å². The molecule has 1 saturated heterocycles. The van der Waals surface area contributed by atoms with E-state index >= 15 is 0 Å². The van der Waals surface area contributed by atoms with Gasteiger partial charge in [0.05, 0.1) is 0 Å². The van der Waals surface area contributed by atoms with Crippen molar-refractivity contribution in [3.8, 4) is 11.8 Å². The van der Waals surface area contributed by atoms with Gasteiger partial charge in [-0.15, -0.1) is 0 Å². The molecule has 1 aliphatic carbocycles. The van der Waals surface area contributed by atoms with Crippen molar-refractivity contribution in [1.82, 2.24) is 14.8 Å². The van der Waals surface area contributed by atoms with E-state index in [1.165, 1.54) is 23.8 Å². The number of nitrogens with one attached hydrogen (secondary N) is 2. The van der Waals surface area contributed by atoms with Crippen molar-refractivity contribution in [1.29, 1.82) is 5.26 Å². The fourth-order valence-corrected chi connectivity index (χ4v) is 5.09. The van der Waals surface area contributed by atoms with Crippen molar-refractivity contribution in [2.24, 2.45) is 5.92 Å². The number of nitrogens with zero attached hydrogens (tertiary/aromatic N) is 3. The van der Waals surface area contributed by atoms with Gasteiger partial charge in [0.1, 0.15) is 27.6 Å². The number of carbonyl (C=O) groups excluding carboxylic acids is 1. The number of aromatic nitrogens is 1. The fourth-order valence-electron chi connectivity index (χ4n) is 4.11. The Bertz CT molecular complexity index is 1400. The van der Waals surface area contributed by atoms with Crippen LogP contribution in [-0.2, 0) is 11.3 Å². The van der Waals surface area contributed by atoms with Gasteiger partial charge in [-0.05, 0) is 63.7 Å². The van der Waals surface area contributed by atoms with E-state index < -0.39 is 5.91 Å². The number of piperidine rings is 1. The zero-order chi connectivity index (χ0) is 26.0. The Balaban J connectivity index is 1.47. The minimum absolute atomic E-state index is 0.130. The summed E-state index contributed by atoms with van der Waals surface area (Å²) in [5.41, 5.74) is 6.30. The van der Waals surface area contributed by atoms with E-state index in [2.05, 4.69) is 27.0 Å². The zero-order valence-electron chi connectivity index (χ0n) is 21.2. The smallest absolute Gasteiger partial charge is 0.277 e. The lowest BCUT2D eigenvalue weighted by molar-refractivity contribution is -0.117. The number of hydrogen-bond donors (Lipinski definition) is 2. The molecule has 2 aliphatic rings. The predicted octanol–water partition coefficient (Wildman–Crippen LogP) is 2.16. The molecule has 37 heavy (non-hydrogen) atoms. The van der Waals surface area contributed by atoms with Gasteiger partial charge in [0.15, 0.2) is 5.57 Å². The Kier molecular flexibility index (Phi) is 9.42. The molecule has 1 saturated carbocycles. The Morgan fingerprint density at radius 1 is 1.27 bits per heavy atom. The van der Waals surface area contributed by atoms with Gasteiger partial charge in [-0.25, -0.2) is 0 Å². The molecule has 2 N–H and O–H groups in total. The number of rotatable bonds is 10. The second-order valence-corrected chi connectivity index (χ2v) is 10.3. The molecule has 1 aliphatic heterocycles. The van der Waals surface area contributed by atoms with Crippen molar-refractivity contribution in [3.63, 3.8) is 0 Å². The largest absolute Gasteiger partial charge is 0.492 e. The molecule has 0 spiro atoms. The van der Waals surface area contributed by atoms with Gasteiger partial charge in [0.25, 0.3) is 11.5 Å². The minimum Gasteiger partial charge on any atom is -0.492 e. The van der Waals surface area contributed by atoms with Crippen LogP contribution in [0.3, 0.4) is 0 Å². The summed E-state index contributed by atoms with van der Waals surface area (Å²) in [6, 6.07) is 9.57. The molecule has 4 rings (SSSR count). The zero-order valence-corrected chi connectivity index (χ0v) is 22.0. The van der Waals surface area contributed by atoms with Crippen molar-refractivity contribution in [2.45, 2.75) is 45.6 Å². The summed E-state index contributed by atoms with van der Waals surface area (Å²) in [5.74, 6) is 0.828. The molecule has 1 aromatic heterocycles. The average molecular weight is 520 g/mol. The van der Waals surface area contributed by atoms with E-state index in [1.54, 1.807) is 6.20 Å². The topological polar surface area (TPSA) is 99.4 Å². The summed E-state index contributed by atoms with van der Waals surface area (Å²) >= 11 is 1.15. The van der Waals surface area contributed by atoms with Gasteiger partial charge in [0.2, 0.25) is 0 Å². The van der Waals surface area contributed by atoms with E-state index in [1.807, 2.05) is 37.3 Å². The molecular formula is C28H33N5O3S. The van der Waals surface area contributed by atoms with Gasteiger partial charge in [0, 0.05) is 37.6 Å². The first-order chi connectivity index (χ1) is 18.1. The number of nitriles is 1. The molecule has 1 amide bonds. The van der Waals surface area contributed by atoms with Crippen molar-refractivity contribution < 1.29 is 9.53 Å². The summed E-state index contributed by atoms with van der Waals surface area (Å²) in [5, 5.41) is 15.4. The maximum atomic E-state index is 12.8. The number of amides is 1. The lowest BCUT2D eigenvalue weighted by atomic mass is 10.1. The molecular weight excluding hydrogens is 486 g/mol. The Morgan fingerprint density at radius 3 is 2.81 bits per heavy atom. The molecule has 9 heteroatoms. The Hall–Kier alpha value is -3.53. The lowest BCUT2D eigenvalue weighted by Crippen LogP contribution is -2.33. The van der Waals surface area contributed by atoms with Crippen molar-refractivity contribution in [2.75, 3.05) is 38.1 Å². The molecule has 8 nitrogen and oxygen atoms in total. The summed E-state index contributed by atoms with van der Waals surface area (Å²) in [6.07, 6.45) is 7.64. The maximum absolute atomic E-state index is 12.8. The van der Waals surface area contributed by atoms with Crippen LogP contribution in [0.2, 0.25) is 0 Å². The molecule has 2 aromatic rings. The molecule has 0 radical (unpaired) electrons. The third-order valence-electron chi connectivity index (χ3n) is 6.42. The van der Waals surface area contributed by atoms with E-state index in [-0.39, 0.29) is 11.1 Å². The molecule has 0 unspecified atom stereocenters. The number of thiazole rings is 1. The molecule has 0 atom stereocenters. The highest BCUT2D eigenvalue weighted by Crippen LogP contribution is 2.27. The minimum atomic E-state index is -0.460. The highest BCUT2D eigenvalue weighted by molar-refractivity contribution is 7.07. The summed E-state index contributed by atoms with van der Waals surface area (Å²) in [6.45, 7) is 6.66. The molecule has 0 bridgehead atoms. The quantitative estimate of drug-likeness (QED) is 0.369. The SMILES string of the molecule is CCn1c(=C=C(C#N)C(=O)NCC2CC2)sc(=C=CNc2cccc(OCCN3CCCCC3)c2)c1=O. The number of carbonyl (C=O) groups is 1.